The van der Waals surface area contributed by atoms with Crippen molar-refractivity contribution < 1.29 is 4.42 Å². The van der Waals surface area contributed by atoms with Crippen LogP contribution < -0.4 is 0 Å². The molecule has 41 heavy (non-hydrogen) atoms. The highest BCUT2D eigenvalue weighted by molar-refractivity contribution is 7.80. The van der Waals surface area contributed by atoms with Gasteiger partial charge in [0.2, 0.25) is 0 Å². The Morgan fingerprint density at radius 3 is 2.15 bits per heavy atom. The fraction of sp³-hybridized carbons (Fsp3) is 0.128. The molecule has 0 aliphatic carbocycles. The Bertz CT molecular complexity index is 1870. The van der Waals surface area contributed by atoms with E-state index in [1.54, 1.807) is 0 Å². The maximum absolute atomic E-state index is 6.30. The number of rotatable bonds is 8. The van der Waals surface area contributed by atoms with Crippen LogP contribution in [0.15, 0.2) is 137 Å². The molecular formula is C39H34OS. The van der Waals surface area contributed by atoms with Crippen LogP contribution in [-0.2, 0) is 0 Å². The first-order chi connectivity index (χ1) is 20.2. The number of fused-ring (bicyclic) bond motifs is 3. The summed E-state index contributed by atoms with van der Waals surface area (Å²) in [6, 6.07) is 40.7. The third-order valence-electron chi connectivity index (χ3n) is 7.66. The summed E-state index contributed by atoms with van der Waals surface area (Å²) < 4.78 is 6.30. The van der Waals surface area contributed by atoms with Crippen molar-refractivity contribution in [2.45, 2.75) is 38.0 Å². The van der Waals surface area contributed by atoms with E-state index in [0.717, 1.165) is 62.8 Å². The van der Waals surface area contributed by atoms with Gasteiger partial charge in [-0.05, 0) is 63.9 Å². The molecule has 0 bridgehead atoms. The quantitative estimate of drug-likeness (QED) is 0.147. The molecule has 1 heterocycles. The Morgan fingerprint density at radius 1 is 0.683 bits per heavy atom. The first-order valence-electron chi connectivity index (χ1n) is 14.5. The van der Waals surface area contributed by atoms with E-state index in [1.165, 1.54) is 27.8 Å². The molecule has 0 aliphatic heterocycles. The van der Waals surface area contributed by atoms with E-state index in [4.69, 9.17) is 17.0 Å². The lowest BCUT2D eigenvalue weighted by molar-refractivity contribution is 0.670. The number of furan rings is 1. The molecule has 0 atom stereocenters. The predicted octanol–water partition coefficient (Wildman–Crippen LogP) is 11.9. The topological polar surface area (TPSA) is 13.1 Å². The molecular weight excluding hydrogens is 516 g/mol. The number of para-hydroxylation sites is 2. The van der Waals surface area contributed by atoms with E-state index in [1.807, 2.05) is 18.2 Å². The van der Waals surface area contributed by atoms with Crippen LogP contribution in [0, 0.1) is 0 Å². The molecule has 0 saturated heterocycles. The number of benzene rings is 5. The third-order valence-corrected chi connectivity index (χ3v) is 8.03. The molecule has 0 aliphatic rings. The maximum Gasteiger partial charge on any atom is 0.143 e. The molecule has 0 saturated carbocycles. The number of hydrogen-bond donors (Lipinski definition) is 1. The van der Waals surface area contributed by atoms with Gasteiger partial charge in [-0.25, -0.2) is 0 Å². The van der Waals surface area contributed by atoms with Crippen molar-refractivity contribution >= 4 is 45.7 Å². The zero-order valence-electron chi connectivity index (χ0n) is 23.6. The number of allylic oxidation sites excluding steroid dienone is 4. The van der Waals surface area contributed by atoms with E-state index in [9.17, 15) is 0 Å². The molecule has 0 radical (unpaired) electrons. The van der Waals surface area contributed by atoms with Crippen molar-refractivity contribution in [3.63, 3.8) is 0 Å². The van der Waals surface area contributed by atoms with E-state index in [2.05, 4.69) is 123 Å². The van der Waals surface area contributed by atoms with E-state index < -0.39 is 0 Å². The second-order valence-electron chi connectivity index (χ2n) is 10.4. The highest BCUT2D eigenvalue weighted by Gasteiger charge is 2.13. The summed E-state index contributed by atoms with van der Waals surface area (Å²) in [4.78, 5) is 0.991. The minimum absolute atomic E-state index is 0.927. The first kappa shape index (κ1) is 26.9. The second kappa shape index (κ2) is 12.1. The van der Waals surface area contributed by atoms with Gasteiger partial charge in [-0.3, -0.25) is 0 Å². The lowest BCUT2D eigenvalue weighted by atomic mass is 9.93. The van der Waals surface area contributed by atoms with Crippen molar-refractivity contribution in [2.24, 2.45) is 0 Å². The molecule has 2 heteroatoms. The molecule has 5 aromatic carbocycles. The smallest absolute Gasteiger partial charge is 0.143 e. The Balaban J connectivity index is 1.35. The normalized spacial score (nSPS) is 12.4. The average molecular weight is 551 g/mol. The zero-order valence-corrected chi connectivity index (χ0v) is 24.5. The van der Waals surface area contributed by atoms with Crippen LogP contribution in [0.2, 0.25) is 0 Å². The predicted molar refractivity (Wildman–Crippen MR) is 179 cm³/mol. The van der Waals surface area contributed by atoms with Crippen molar-refractivity contribution in [1.29, 1.82) is 0 Å². The summed E-state index contributed by atoms with van der Waals surface area (Å²) in [6.07, 6.45) is 7.74. The largest absolute Gasteiger partial charge is 0.455 e. The molecule has 1 nitrogen and oxygen atoms in total. The van der Waals surface area contributed by atoms with Gasteiger partial charge in [-0.2, -0.15) is 0 Å². The Kier molecular flexibility index (Phi) is 7.93. The minimum atomic E-state index is 0.927. The summed E-state index contributed by atoms with van der Waals surface area (Å²) in [5.41, 5.74) is 11.5. The Hall–Kier alpha value is -4.27. The SMILES string of the molecule is CC/C=C(/C=C(\CCC)c1ccc(-c2cccc3c2oc2ccccc23)cc1)c1ccc(-c2ccccc2)c(S)c1. The van der Waals surface area contributed by atoms with Gasteiger partial charge in [-0.15, -0.1) is 12.6 Å². The van der Waals surface area contributed by atoms with Gasteiger partial charge in [0.15, 0.2) is 0 Å². The highest BCUT2D eigenvalue weighted by atomic mass is 32.1. The fourth-order valence-electron chi connectivity index (χ4n) is 5.65. The van der Waals surface area contributed by atoms with Crippen LogP contribution in [0.1, 0.15) is 44.2 Å². The van der Waals surface area contributed by atoms with Crippen molar-refractivity contribution in [1.82, 2.24) is 0 Å². The zero-order chi connectivity index (χ0) is 28.2. The van der Waals surface area contributed by atoms with Gasteiger partial charge in [0.05, 0.1) is 0 Å². The summed E-state index contributed by atoms with van der Waals surface area (Å²) in [6.45, 7) is 4.44. The van der Waals surface area contributed by atoms with Crippen LogP contribution in [0.5, 0.6) is 0 Å². The van der Waals surface area contributed by atoms with Crippen molar-refractivity contribution in [2.75, 3.05) is 0 Å². The standard InChI is InChI=1S/C39H34OS/c1-3-11-30(25-31(12-4-2)32-23-24-33(38(41)26-32)28-13-6-5-7-14-28)27-19-21-29(22-20-27)34-16-10-17-36-35-15-8-9-18-37(35)40-39(34)36/h5-10,12-26,41H,3-4,11H2,1-2H3/b30-25+,31-12-. The van der Waals surface area contributed by atoms with Crippen molar-refractivity contribution in [3.8, 4) is 22.3 Å². The molecule has 0 amide bonds. The third kappa shape index (κ3) is 5.53. The van der Waals surface area contributed by atoms with E-state index in [-0.39, 0.29) is 0 Å². The number of thiol groups is 1. The molecule has 202 valence electrons. The van der Waals surface area contributed by atoms with Gasteiger partial charge in [-0.1, -0.05) is 136 Å². The number of hydrogen-bond acceptors (Lipinski definition) is 2. The van der Waals surface area contributed by atoms with Crippen LogP contribution in [0.3, 0.4) is 0 Å². The monoisotopic (exact) mass is 550 g/mol. The fourth-order valence-corrected chi connectivity index (χ4v) is 5.99. The highest BCUT2D eigenvalue weighted by Crippen LogP contribution is 2.37. The van der Waals surface area contributed by atoms with E-state index in [0.29, 0.717) is 0 Å². The minimum Gasteiger partial charge on any atom is -0.455 e. The Labute approximate surface area is 248 Å². The van der Waals surface area contributed by atoms with Crippen LogP contribution in [0.4, 0.5) is 0 Å². The van der Waals surface area contributed by atoms with Gasteiger partial charge in [0.1, 0.15) is 11.2 Å². The van der Waals surface area contributed by atoms with Crippen LogP contribution in [-0.4, -0.2) is 0 Å². The van der Waals surface area contributed by atoms with E-state index >= 15 is 0 Å². The lowest BCUT2D eigenvalue weighted by Crippen LogP contribution is -1.90. The van der Waals surface area contributed by atoms with Gasteiger partial charge < -0.3 is 4.42 Å². The molecule has 1 aromatic heterocycles. The van der Waals surface area contributed by atoms with Crippen molar-refractivity contribution in [3.05, 3.63) is 139 Å². The molecule has 0 N–H and O–H groups in total. The van der Waals surface area contributed by atoms with Gasteiger partial charge in [0.25, 0.3) is 0 Å². The van der Waals surface area contributed by atoms with Crippen LogP contribution in [0.25, 0.3) is 55.3 Å². The maximum atomic E-state index is 6.30. The lowest BCUT2D eigenvalue weighted by Gasteiger charge is -2.13. The molecule has 0 unspecified atom stereocenters. The summed E-state index contributed by atoms with van der Waals surface area (Å²) in [7, 11) is 0. The average Bonchev–Trinajstić information content (AvgIpc) is 3.40. The Morgan fingerprint density at radius 2 is 1.39 bits per heavy atom. The summed E-state index contributed by atoms with van der Waals surface area (Å²) in [5.74, 6) is 0. The molecule has 6 rings (SSSR count). The summed E-state index contributed by atoms with van der Waals surface area (Å²) in [5, 5.41) is 2.32. The molecule has 0 spiro atoms. The first-order valence-corrected chi connectivity index (χ1v) is 14.9. The van der Waals surface area contributed by atoms with Gasteiger partial charge >= 0.3 is 0 Å². The second-order valence-corrected chi connectivity index (χ2v) is 10.9. The molecule has 0 fully saturated rings. The van der Waals surface area contributed by atoms with Crippen LogP contribution >= 0.6 is 12.6 Å². The molecule has 6 aromatic rings. The van der Waals surface area contributed by atoms with Gasteiger partial charge in [0, 0.05) is 21.2 Å². The summed E-state index contributed by atoms with van der Waals surface area (Å²) >= 11 is 4.88.